The zero-order valence-electron chi connectivity index (χ0n) is 14.0. The van der Waals surface area contributed by atoms with Crippen molar-refractivity contribution in [2.75, 3.05) is 4.90 Å². The fraction of sp³-hybridized carbons (Fsp3) is 0.333. The molecule has 7 heteroatoms. The molecule has 1 fully saturated rings. The molecule has 2 aromatic rings. The van der Waals surface area contributed by atoms with Crippen molar-refractivity contribution >= 4 is 17.6 Å². The third kappa shape index (κ3) is 2.82. The Balaban J connectivity index is 1.71. The predicted molar refractivity (Wildman–Crippen MR) is 99.0 cm³/mol. The second-order valence-electron chi connectivity index (χ2n) is 6.44. The van der Waals surface area contributed by atoms with Gasteiger partial charge in [0.05, 0.1) is 0 Å². The van der Waals surface area contributed by atoms with Gasteiger partial charge in [0.1, 0.15) is 5.66 Å². The second-order valence-corrected chi connectivity index (χ2v) is 6.44. The summed E-state index contributed by atoms with van der Waals surface area (Å²) in [5.41, 5.74) is 13.7. The Morgan fingerprint density at radius 3 is 2.28 bits per heavy atom. The van der Waals surface area contributed by atoms with Gasteiger partial charge in [-0.05, 0) is 56.0 Å². The van der Waals surface area contributed by atoms with E-state index in [2.05, 4.69) is 15.0 Å². The highest BCUT2D eigenvalue weighted by Crippen LogP contribution is 2.39. The van der Waals surface area contributed by atoms with Gasteiger partial charge in [-0.15, -0.1) is 0 Å². The van der Waals surface area contributed by atoms with Crippen LogP contribution in [-0.2, 0) is 0 Å². The number of guanidine groups is 2. The summed E-state index contributed by atoms with van der Waals surface area (Å²) in [7, 11) is 0. The number of aromatic nitrogens is 2. The van der Waals surface area contributed by atoms with Gasteiger partial charge in [0.25, 0.3) is 0 Å². The van der Waals surface area contributed by atoms with E-state index in [-0.39, 0.29) is 5.96 Å². The van der Waals surface area contributed by atoms with Gasteiger partial charge >= 0.3 is 0 Å². The first-order chi connectivity index (χ1) is 12.2. The summed E-state index contributed by atoms with van der Waals surface area (Å²) >= 11 is 0. The largest absolute Gasteiger partial charge is 0.369 e. The molecule has 1 aliphatic carbocycles. The second kappa shape index (κ2) is 6.16. The lowest BCUT2D eigenvalue weighted by Crippen LogP contribution is -2.58. The number of hydrogen-bond donors (Lipinski definition) is 2. The van der Waals surface area contributed by atoms with E-state index in [4.69, 9.17) is 16.5 Å². The summed E-state index contributed by atoms with van der Waals surface area (Å²) in [5.74, 6) is 1.37. The predicted octanol–water partition coefficient (Wildman–Crippen LogP) is 2.25. The molecule has 0 amide bonds. The van der Waals surface area contributed by atoms with E-state index in [0.717, 1.165) is 36.9 Å². The van der Waals surface area contributed by atoms with Crippen molar-refractivity contribution in [1.82, 2.24) is 9.97 Å². The monoisotopic (exact) mass is 335 g/mol. The van der Waals surface area contributed by atoms with Gasteiger partial charge in [-0.25, -0.2) is 15.0 Å². The fourth-order valence-electron chi connectivity index (χ4n) is 3.70. The maximum Gasteiger partial charge on any atom is 0.220 e. The highest BCUT2D eigenvalue weighted by Gasteiger charge is 2.42. The Morgan fingerprint density at radius 1 is 0.920 bits per heavy atom. The molecule has 1 aromatic heterocycles. The number of benzene rings is 1. The van der Waals surface area contributed by atoms with E-state index in [1.807, 2.05) is 29.2 Å². The molecule has 2 aliphatic rings. The molecule has 0 atom stereocenters. The van der Waals surface area contributed by atoms with Crippen molar-refractivity contribution in [1.29, 1.82) is 0 Å². The van der Waals surface area contributed by atoms with E-state index in [0.29, 0.717) is 11.8 Å². The summed E-state index contributed by atoms with van der Waals surface area (Å²) in [6.45, 7) is 0. The fourth-order valence-corrected chi connectivity index (χ4v) is 3.70. The van der Waals surface area contributed by atoms with Gasteiger partial charge in [0.15, 0.2) is 5.82 Å². The lowest BCUT2D eigenvalue weighted by molar-refractivity contribution is 0.305. The SMILES string of the molecule is NC1=NC2(CCCCC2)N(c2ccc(-c3ncccn3)cc2)C(N)=N1. The molecule has 4 N–H and O–H groups in total. The van der Waals surface area contributed by atoms with Crippen LogP contribution < -0.4 is 16.4 Å². The van der Waals surface area contributed by atoms with E-state index < -0.39 is 5.66 Å². The highest BCUT2D eigenvalue weighted by molar-refractivity contribution is 6.05. The minimum atomic E-state index is -0.418. The van der Waals surface area contributed by atoms with Crippen molar-refractivity contribution in [2.45, 2.75) is 37.8 Å². The lowest BCUT2D eigenvalue weighted by atomic mass is 9.87. The summed E-state index contributed by atoms with van der Waals surface area (Å²) in [4.78, 5) is 19.5. The van der Waals surface area contributed by atoms with E-state index in [1.54, 1.807) is 18.5 Å². The number of anilines is 1. The van der Waals surface area contributed by atoms with Crippen LogP contribution in [-0.4, -0.2) is 27.5 Å². The minimum Gasteiger partial charge on any atom is -0.369 e. The minimum absolute atomic E-state index is 0.268. The van der Waals surface area contributed by atoms with Crippen molar-refractivity contribution in [3.05, 3.63) is 42.7 Å². The molecule has 2 heterocycles. The molecule has 128 valence electrons. The Morgan fingerprint density at radius 2 is 1.60 bits per heavy atom. The molecule has 0 radical (unpaired) electrons. The summed E-state index contributed by atoms with van der Waals surface area (Å²) in [5, 5.41) is 0. The standard InChI is InChI=1S/C18H21N7/c19-16-23-17(20)25(18(24-16)9-2-1-3-10-18)14-7-5-13(6-8-14)15-21-11-4-12-22-15/h4-8,11-12H,1-3,9-10H2,(H4,19,20,23,24). The Hall–Kier alpha value is -2.96. The number of nitrogens with two attached hydrogens (primary N) is 2. The van der Waals surface area contributed by atoms with Crippen molar-refractivity contribution in [2.24, 2.45) is 21.5 Å². The molecule has 1 aliphatic heterocycles. The van der Waals surface area contributed by atoms with Crippen LogP contribution in [0.3, 0.4) is 0 Å². The first-order valence-electron chi connectivity index (χ1n) is 8.55. The first-order valence-corrected chi connectivity index (χ1v) is 8.55. The van der Waals surface area contributed by atoms with Gasteiger partial charge in [-0.1, -0.05) is 6.42 Å². The number of hydrogen-bond acceptors (Lipinski definition) is 7. The number of nitrogens with zero attached hydrogens (tertiary/aromatic N) is 5. The Labute approximate surface area is 146 Å². The molecule has 0 bridgehead atoms. The molecule has 4 rings (SSSR count). The first kappa shape index (κ1) is 15.6. The van der Waals surface area contributed by atoms with Crippen LogP contribution in [0.4, 0.5) is 5.69 Å². The molecule has 1 spiro atoms. The maximum absolute atomic E-state index is 6.25. The molecular formula is C18H21N7. The van der Waals surface area contributed by atoms with Gasteiger partial charge in [0.2, 0.25) is 11.9 Å². The summed E-state index contributed by atoms with van der Waals surface area (Å²) < 4.78 is 0. The van der Waals surface area contributed by atoms with Crippen molar-refractivity contribution in [3.63, 3.8) is 0 Å². The van der Waals surface area contributed by atoms with Gasteiger partial charge in [-0.2, -0.15) is 4.99 Å². The molecule has 0 unspecified atom stereocenters. The molecular weight excluding hydrogens is 314 g/mol. The van der Waals surface area contributed by atoms with Crippen LogP contribution in [0.2, 0.25) is 0 Å². The van der Waals surface area contributed by atoms with E-state index in [1.165, 1.54) is 6.42 Å². The van der Waals surface area contributed by atoms with Crippen molar-refractivity contribution < 1.29 is 0 Å². The van der Waals surface area contributed by atoms with Gasteiger partial charge in [0, 0.05) is 23.6 Å². The zero-order valence-corrected chi connectivity index (χ0v) is 14.0. The molecule has 1 saturated carbocycles. The van der Waals surface area contributed by atoms with Gasteiger partial charge in [-0.3, -0.25) is 4.90 Å². The summed E-state index contributed by atoms with van der Waals surface area (Å²) in [6.07, 6.45) is 8.75. The zero-order chi connectivity index (χ0) is 17.3. The van der Waals surface area contributed by atoms with Crippen LogP contribution in [0, 0.1) is 0 Å². The van der Waals surface area contributed by atoms with Crippen molar-refractivity contribution in [3.8, 4) is 11.4 Å². The molecule has 7 nitrogen and oxygen atoms in total. The third-order valence-corrected chi connectivity index (χ3v) is 4.80. The molecule has 0 saturated heterocycles. The Kier molecular flexibility index (Phi) is 3.83. The lowest BCUT2D eigenvalue weighted by Gasteiger charge is -2.45. The van der Waals surface area contributed by atoms with Crippen LogP contribution in [0.25, 0.3) is 11.4 Å². The third-order valence-electron chi connectivity index (χ3n) is 4.80. The molecule has 25 heavy (non-hydrogen) atoms. The smallest absolute Gasteiger partial charge is 0.220 e. The number of aliphatic imine (C=N–C) groups is 2. The van der Waals surface area contributed by atoms with Crippen LogP contribution in [0.15, 0.2) is 52.7 Å². The quantitative estimate of drug-likeness (QED) is 0.875. The maximum atomic E-state index is 6.25. The normalized spacial score (nSPS) is 19.4. The topological polar surface area (TPSA) is 106 Å². The van der Waals surface area contributed by atoms with Crippen LogP contribution in [0.5, 0.6) is 0 Å². The van der Waals surface area contributed by atoms with Crippen LogP contribution in [0.1, 0.15) is 32.1 Å². The van der Waals surface area contributed by atoms with E-state index in [9.17, 15) is 0 Å². The Bertz CT molecular complexity index is 805. The average molecular weight is 335 g/mol. The summed E-state index contributed by atoms with van der Waals surface area (Å²) in [6, 6.07) is 9.83. The van der Waals surface area contributed by atoms with Gasteiger partial charge < -0.3 is 11.5 Å². The highest BCUT2D eigenvalue weighted by atomic mass is 15.4. The van der Waals surface area contributed by atoms with E-state index >= 15 is 0 Å². The number of rotatable bonds is 2. The van der Waals surface area contributed by atoms with Crippen LogP contribution >= 0.6 is 0 Å². The molecule has 1 aromatic carbocycles. The average Bonchev–Trinajstić information content (AvgIpc) is 2.63.